The smallest absolute Gasteiger partial charge is 0.252 e. The zero-order chi connectivity index (χ0) is 17.0. The van der Waals surface area contributed by atoms with Crippen molar-refractivity contribution in [1.82, 2.24) is 15.1 Å². The zero-order valence-corrected chi connectivity index (χ0v) is 14.6. The molecule has 1 amide bonds. The van der Waals surface area contributed by atoms with Gasteiger partial charge in [0.1, 0.15) is 5.60 Å². The van der Waals surface area contributed by atoms with Crippen LogP contribution < -0.4 is 5.32 Å². The molecule has 2 aliphatic rings. The predicted octanol–water partition coefficient (Wildman–Crippen LogP) is 1.36. The highest BCUT2D eigenvalue weighted by Gasteiger charge is 2.38. The van der Waals surface area contributed by atoms with E-state index in [-0.39, 0.29) is 5.91 Å². The molecule has 24 heavy (non-hydrogen) atoms. The summed E-state index contributed by atoms with van der Waals surface area (Å²) >= 11 is 0. The van der Waals surface area contributed by atoms with Crippen LogP contribution in [0.5, 0.6) is 0 Å². The number of hydrogen-bond donors (Lipinski definition) is 2. The van der Waals surface area contributed by atoms with Crippen LogP contribution in [0.3, 0.4) is 0 Å². The van der Waals surface area contributed by atoms with Crippen LogP contribution in [-0.4, -0.2) is 59.6 Å². The lowest BCUT2D eigenvalue weighted by Crippen LogP contribution is -2.44. The van der Waals surface area contributed by atoms with Crippen molar-refractivity contribution in [3.63, 3.8) is 0 Å². The third-order valence-corrected chi connectivity index (χ3v) is 5.33. The second-order valence-corrected chi connectivity index (χ2v) is 7.32. The molecule has 1 aromatic carbocycles. The van der Waals surface area contributed by atoms with E-state index in [1.165, 1.54) is 5.56 Å². The summed E-state index contributed by atoms with van der Waals surface area (Å²) < 4.78 is 0. The van der Waals surface area contributed by atoms with Crippen molar-refractivity contribution in [3.8, 4) is 0 Å². The number of nitrogens with zero attached hydrogens (tertiary/aromatic N) is 2. The molecule has 1 saturated carbocycles. The maximum Gasteiger partial charge on any atom is 0.252 e. The Hall–Kier alpha value is -1.43. The van der Waals surface area contributed by atoms with Crippen molar-refractivity contribution in [2.75, 3.05) is 33.2 Å². The highest BCUT2D eigenvalue weighted by atomic mass is 16.3. The molecule has 1 saturated heterocycles. The van der Waals surface area contributed by atoms with Gasteiger partial charge in [0.2, 0.25) is 0 Å². The number of benzene rings is 1. The van der Waals surface area contributed by atoms with E-state index in [9.17, 15) is 9.90 Å². The summed E-state index contributed by atoms with van der Waals surface area (Å²) in [6.45, 7) is 5.97. The number of likely N-dealkylation sites (N-methyl/N-ethyl adjacent to an activating group) is 1. The molecule has 5 nitrogen and oxygen atoms in total. The Morgan fingerprint density at radius 1 is 1.08 bits per heavy atom. The maximum atomic E-state index is 12.1. The summed E-state index contributed by atoms with van der Waals surface area (Å²) in [5.41, 5.74) is 1.25. The third kappa shape index (κ3) is 4.35. The van der Waals surface area contributed by atoms with Gasteiger partial charge in [-0.2, -0.15) is 0 Å². The Kier molecular flexibility index (Phi) is 5.54. The van der Waals surface area contributed by atoms with E-state index >= 15 is 0 Å². The minimum absolute atomic E-state index is 0.221. The third-order valence-electron chi connectivity index (χ3n) is 5.33. The van der Waals surface area contributed by atoms with Gasteiger partial charge in [-0.1, -0.05) is 24.3 Å². The summed E-state index contributed by atoms with van der Waals surface area (Å²) in [6.07, 6.45) is 3.04. The van der Waals surface area contributed by atoms with E-state index in [2.05, 4.69) is 46.4 Å². The molecule has 132 valence electrons. The van der Waals surface area contributed by atoms with Crippen LogP contribution in [0.25, 0.3) is 0 Å². The molecular formula is C19H29N3O2. The minimum Gasteiger partial charge on any atom is -0.380 e. The second-order valence-electron chi connectivity index (χ2n) is 7.32. The first kappa shape index (κ1) is 17.4. The number of nitrogens with one attached hydrogen (secondary N) is 1. The maximum absolute atomic E-state index is 12.1. The fourth-order valence-corrected chi connectivity index (χ4v) is 3.56. The highest BCUT2D eigenvalue weighted by molar-refractivity contribution is 5.85. The normalized spacial score (nSPS) is 21.8. The molecule has 1 aromatic rings. The first-order valence-electron chi connectivity index (χ1n) is 9.05. The van der Waals surface area contributed by atoms with E-state index in [1.54, 1.807) is 0 Å². The average Bonchev–Trinajstić information content (AvgIpc) is 3.04. The van der Waals surface area contributed by atoms with Gasteiger partial charge in [-0.3, -0.25) is 9.69 Å². The summed E-state index contributed by atoms with van der Waals surface area (Å²) in [4.78, 5) is 17.0. The quantitative estimate of drug-likeness (QED) is 0.855. The number of aliphatic hydroxyl groups is 1. The lowest BCUT2D eigenvalue weighted by Gasteiger charge is -2.32. The number of piperazine rings is 1. The van der Waals surface area contributed by atoms with Gasteiger partial charge < -0.3 is 15.3 Å². The average molecular weight is 331 g/mol. The highest BCUT2D eigenvalue weighted by Crippen LogP contribution is 2.29. The van der Waals surface area contributed by atoms with E-state index in [4.69, 9.17) is 0 Å². The molecule has 2 N–H and O–H groups in total. The van der Waals surface area contributed by atoms with Gasteiger partial charge >= 0.3 is 0 Å². The Morgan fingerprint density at radius 2 is 1.67 bits per heavy atom. The van der Waals surface area contributed by atoms with E-state index < -0.39 is 5.60 Å². The van der Waals surface area contributed by atoms with Crippen LogP contribution in [0.4, 0.5) is 0 Å². The second kappa shape index (κ2) is 7.64. The molecule has 1 aliphatic heterocycles. The number of carbonyl (C=O) groups excluding carboxylic acids is 1. The Labute approximate surface area is 144 Å². The first-order chi connectivity index (χ1) is 11.5. The topological polar surface area (TPSA) is 55.8 Å². The van der Waals surface area contributed by atoms with Gasteiger partial charge in [-0.15, -0.1) is 0 Å². The van der Waals surface area contributed by atoms with E-state index in [0.717, 1.165) is 51.1 Å². The molecule has 3 rings (SSSR count). The Bertz CT molecular complexity index is 544. The molecule has 0 spiro atoms. The number of rotatable bonds is 5. The van der Waals surface area contributed by atoms with Gasteiger partial charge in [0.25, 0.3) is 5.91 Å². The molecular weight excluding hydrogens is 302 g/mol. The first-order valence-corrected chi connectivity index (χ1v) is 9.05. The summed E-state index contributed by atoms with van der Waals surface area (Å²) in [5, 5.41) is 13.1. The monoisotopic (exact) mass is 331 g/mol. The fraction of sp³-hybridized carbons (Fsp3) is 0.632. The fourth-order valence-electron chi connectivity index (χ4n) is 3.56. The Balaban J connectivity index is 1.47. The standard InChI is InChI=1S/C19H29N3O2/c1-21-10-12-22(13-11-21)15-17-6-4-16(5-7-17)14-20-18(23)19(24)8-2-3-9-19/h4-7,24H,2-3,8-15H2,1H3,(H,20,23). The van der Waals surface area contributed by atoms with Gasteiger partial charge in [0.15, 0.2) is 0 Å². The van der Waals surface area contributed by atoms with Crippen LogP contribution in [0, 0.1) is 0 Å². The van der Waals surface area contributed by atoms with Crippen molar-refractivity contribution in [2.24, 2.45) is 0 Å². The predicted molar refractivity (Wildman–Crippen MR) is 94.5 cm³/mol. The van der Waals surface area contributed by atoms with Gasteiger partial charge in [0, 0.05) is 39.3 Å². The summed E-state index contributed by atoms with van der Waals surface area (Å²) in [5.74, 6) is -0.221. The van der Waals surface area contributed by atoms with Gasteiger partial charge in [-0.05, 0) is 43.9 Å². The van der Waals surface area contributed by atoms with Crippen LogP contribution in [-0.2, 0) is 17.9 Å². The number of hydrogen-bond acceptors (Lipinski definition) is 4. The van der Waals surface area contributed by atoms with Crippen molar-refractivity contribution in [1.29, 1.82) is 0 Å². The molecule has 1 aliphatic carbocycles. The van der Waals surface area contributed by atoms with Crippen LogP contribution in [0.15, 0.2) is 24.3 Å². The van der Waals surface area contributed by atoms with Crippen molar-refractivity contribution in [2.45, 2.75) is 44.4 Å². The molecule has 2 fully saturated rings. The molecule has 0 aromatic heterocycles. The SMILES string of the molecule is CN1CCN(Cc2ccc(CNC(=O)C3(O)CCCC3)cc2)CC1. The van der Waals surface area contributed by atoms with Crippen LogP contribution in [0.1, 0.15) is 36.8 Å². The van der Waals surface area contributed by atoms with E-state index in [0.29, 0.717) is 19.4 Å². The van der Waals surface area contributed by atoms with Gasteiger partial charge in [-0.25, -0.2) is 0 Å². The molecule has 0 radical (unpaired) electrons. The minimum atomic E-state index is -1.14. The largest absolute Gasteiger partial charge is 0.380 e. The number of carbonyl (C=O) groups is 1. The van der Waals surface area contributed by atoms with Gasteiger partial charge in [0.05, 0.1) is 0 Å². The van der Waals surface area contributed by atoms with Crippen molar-refractivity contribution >= 4 is 5.91 Å². The number of amides is 1. The molecule has 1 heterocycles. The van der Waals surface area contributed by atoms with Crippen molar-refractivity contribution < 1.29 is 9.90 Å². The van der Waals surface area contributed by atoms with Crippen molar-refractivity contribution in [3.05, 3.63) is 35.4 Å². The summed E-state index contributed by atoms with van der Waals surface area (Å²) in [6, 6.07) is 8.43. The lowest BCUT2D eigenvalue weighted by atomic mass is 10.0. The molecule has 5 heteroatoms. The molecule has 0 atom stereocenters. The van der Waals surface area contributed by atoms with Crippen LogP contribution in [0.2, 0.25) is 0 Å². The summed E-state index contributed by atoms with van der Waals surface area (Å²) in [7, 11) is 2.17. The lowest BCUT2D eigenvalue weighted by molar-refractivity contribution is -0.139. The van der Waals surface area contributed by atoms with E-state index in [1.807, 2.05) is 0 Å². The zero-order valence-electron chi connectivity index (χ0n) is 14.6. The van der Waals surface area contributed by atoms with Crippen LogP contribution >= 0.6 is 0 Å². The molecule has 0 bridgehead atoms. The molecule has 0 unspecified atom stereocenters. The Morgan fingerprint density at radius 3 is 2.29 bits per heavy atom.